The molecular formula is C59H36N4O. The maximum Gasteiger partial charge on any atom is 0.160 e. The number of rotatable bonds is 4. The molecule has 3 heterocycles. The number of hydrogen-bond donors (Lipinski definition) is 1. The molecule has 0 radical (unpaired) electrons. The Morgan fingerprint density at radius 2 is 1.00 bits per heavy atom. The fourth-order valence-electron chi connectivity index (χ4n) is 10.5. The van der Waals surface area contributed by atoms with E-state index in [0.717, 1.165) is 76.9 Å². The Balaban J connectivity index is 1.11. The quantitative estimate of drug-likeness (QED) is 0.180. The third kappa shape index (κ3) is 5.12. The SMILES string of the molecule is c1ccc2cc3c(cc2c1)c1ccccc1n3-c1ccc2c(oc3ccccc32)c1C1=NC(c2cc3ccccc3c3ccccc23)=NC(c2cc3ccccc3c3ccccc23)N1. The summed E-state index contributed by atoms with van der Waals surface area (Å²) in [5, 5.41) is 20.1. The predicted octanol–water partition coefficient (Wildman–Crippen LogP) is 14.9. The van der Waals surface area contributed by atoms with E-state index < -0.39 is 6.17 Å². The summed E-state index contributed by atoms with van der Waals surface area (Å²) in [6.45, 7) is 0. The second kappa shape index (κ2) is 13.5. The first-order chi connectivity index (χ1) is 31.7. The summed E-state index contributed by atoms with van der Waals surface area (Å²) in [6, 6.07) is 73.9. The van der Waals surface area contributed by atoms with Gasteiger partial charge in [0.15, 0.2) is 5.84 Å². The molecule has 64 heavy (non-hydrogen) atoms. The molecule has 0 saturated carbocycles. The molecule has 5 heteroatoms. The van der Waals surface area contributed by atoms with Gasteiger partial charge in [-0.25, -0.2) is 9.98 Å². The first-order valence-corrected chi connectivity index (χ1v) is 21.8. The molecule has 5 nitrogen and oxygen atoms in total. The van der Waals surface area contributed by atoms with E-state index in [4.69, 9.17) is 14.4 Å². The van der Waals surface area contributed by atoms with Crippen molar-refractivity contribution in [2.24, 2.45) is 9.98 Å². The molecule has 2 aromatic heterocycles. The Morgan fingerprint density at radius 1 is 0.422 bits per heavy atom. The first-order valence-electron chi connectivity index (χ1n) is 21.8. The Hall–Kier alpha value is -8.54. The van der Waals surface area contributed by atoms with Crippen molar-refractivity contribution >= 4 is 109 Å². The number of benzene rings is 11. The maximum atomic E-state index is 7.03. The van der Waals surface area contributed by atoms with E-state index in [1.165, 1.54) is 43.1 Å². The van der Waals surface area contributed by atoms with Crippen LogP contribution < -0.4 is 5.32 Å². The smallest absolute Gasteiger partial charge is 0.160 e. The number of para-hydroxylation sites is 2. The number of furan rings is 1. The molecule has 0 aliphatic carbocycles. The van der Waals surface area contributed by atoms with Gasteiger partial charge in [-0.2, -0.15) is 0 Å². The largest absolute Gasteiger partial charge is 0.455 e. The summed E-state index contributed by atoms with van der Waals surface area (Å²) in [7, 11) is 0. The van der Waals surface area contributed by atoms with Gasteiger partial charge in [-0.05, 0) is 102 Å². The minimum absolute atomic E-state index is 0.503. The Bertz CT molecular complexity index is 4190. The standard InChI is InChI=1S/C59H36N4O/c1-2-16-36-34-53-48(31-35(36)15-1)45-25-11-13-27-51(45)63(53)52-30-29-47-46-26-12-14-28-54(46)64-56(47)55(52)59-61-57(49-32-37-17-3-5-19-39(37)41-21-7-9-23-43(41)49)60-58(62-59)50-33-38-18-4-6-20-40(38)42-22-8-10-24-44(42)50/h1-34,57H,(H,60,61,62). The van der Waals surface area contributed by atoms with E-state index in [-0.39, 0.29) is 0 Å². The second-order valence-electron chi connectivity index (χ2n) is 16.9. The fraction of sp³-hybridized carbons (Fsp3) is 0.0169. The highest BCUT2D eigenvalue weighted by atomic mass is 16.3. The van der Waals surface area contributed by atoms with Gasteiger partial charge in [0.05, 0.1) is 22.3 Å². The highest BCUT2D eigenvalue weighted by Crippen LogP contribution is 2.42. The molecule has 1 atom stereocenters. The topological polar surface area (TPSA) is 54.8 Å². The second-order valence-corrected chi connectivity index (χ2v) is 16.9. The molecule has 0 fully saturated rings. The van der Waals surface area contributed by atoms with Crippen LogP contribution in [-0.2, 0) is 0 Å². The molecule has 0 spiro atoms. The van der Waals surface area contributed by atoms with Crippen molar-refractivity contribution in [3.63, 3.8) is 0 Å². The molecule has 14 rings (SSSR count). The number of aromatic nitrogens is 1. The molecule has 0 saturated heterocycles. The van der Waals surface area contributed by atoms with Gasteiger partial charge in [-0.15, -0.1) is 0 Å². The van der Waals surface area contributed by atoms with Gasteiger partial charge in [0.2, 0.25) is 0 Å². The number of aliphatic imine (C=N–C) groups is 2. The normalized spacial score (nSPS) is 14.4. The zero-order valence-electron chi connectivity index (χ0n) is 34.5. The van der Waals surface area contributed by atoms with Crippen molar-refractivity contribution in [2.75, 3.05) is 0 Å². The van der Waals surface area contributed by atoms with Gasteiger partial charge in [-0.1, -0.05) is 158 Å². The number of fused-ring (bicyclic) bond motifs is 13. The minimum atomic E-state index is -0.503. The average Bonchev–Trinajstić information content (AvgIpc) is 3.90. The third-order valence-electron chi connectivity index (χ3n) is 13.4. The van der Waals surface area contributed by atoms with Crippen molar-refractivity contribution in [3.8, 4) is 5.69 Å². The summed E-state index contributed by atoms with van der Waals surface area (Å²) in [6.07, 6.45) is -0.503. The van der Waals surface area contributed by atoms with Crippen molar-refractivity contribution in [1.29, 1.82) is 0 Å². The van der Waals surface area contributed by atoms with E-state index in [0.29, 0.717) is 11.7 Å². The molecule has 1 aliphatic rings. The van der Waals surface area contributed by atoms with Crippen LogP contribution in [0.2, 0.25) is 0 Å². The van der Waals surface area contributed by atoms with E-state index in [2.05, 4.69) is 210 Å². The molecule has 0 bridgehead atoms. The monoisotopic (exact) mass is 816 g/mol. The van der Waals surface area contributed by atoms with Crippen LogP contribution >= 0.6 is 0 Å². The van der Waals surface area contributed by atoms with Gasteiger partial charge in [0.25, 0.3) is 0 Å². The van der Waals surface area contributed by atoms with Crippen LogP contribution in [0.5, 0.6) is 0 Å². The molecule has 298 valence electrons. The van der Waals surface area contributed by atoms with Gasteiger partial charge in [0, 0.05) is 32.7 Å². The summed E-state index contributed by atoms with van der Waals surface area (Å²) in [5.74, 6) is 1.35. The van der Waals surface area contributed by atoms with Crippen LogP contribution in [0.4, 0.5) is 0 Å². The summed E-state index contributed by atoms with van der Waals surface area (Å²) in [5.41, 5.74) is 7.70. The lowest BCUT2D eigenvalue weighted by atomic mass is 9.94. The zero-order valence-corrected chi connectivity index (χ0v) is 34.5. The van der Waals surface area contributed by atoms with Crippen LogP contribution in [0.1, 0.15) is 22.9 Å². The predicted molar refractivity (Wildman–Crippen MR) is 267 cm³/mol. The lowest BCUT2D eigenvalue weighted by molar-refractivity contribution is 0.661. The van der Waals surface area contributed by atoms with Crippen LogP contribution in [-0.4, -0.2) is 16.2 Å². The number of hydrogen-bond acceptors (Lipinski definition) is 4. The average molecular weight is 817 g/mol. The lowest BCUT2D eigenvalue weighted by Crippen LogP contribution is -2.34. The van der Waals surface area contributed by atoms with Crippen molar-refractivity contribution in [2.45, 2.75) is 6.17 Å². The van der Waals surface area contributed by atoms with Crippen LogP contribution in [0, 0.1) is 0 Å². The summed E-state index contributed by atoms with van der Waals surface area (Å²) < 4.78 is 9.44. The lowest BCUT2D eigenvalue weighted by Gasteiger charge is -2.27. The third-order valence-corrected chi connectivity index (χ3v) is 13.4. The molecule has 11 aromatic carbocycles. The van der Waals surface area contributed by atoms with Crippen LogP contribution in [0.15, 0.2) is 221 Å². The van der Waals surface area contributed by atoms with Crippen molar-refractivity contribution in [1.82, 2.24) is 9.88 Å². The van der Waals surface area contributed by atoms with Gasteiger partial charge < -0.3 is 14.3 Å². The Morgan fingerprint density at radius 3 is 1.77 bits per heavy atom. The van der Waals surface area contributed by atoms with E-state index >= 15 is 0 Å². The molecule has 1 aliphatic heterocycles. The molecule has 13 aromatic rings. The van der Waals surface area contributed by atoms with E-state index in [1.54, 1.807) is 0 Å². The fourth-order valence-corrected chi connectivity index (χ4v) is 10.5. The molecule has 1 N–H and O–H groups in total. The van der Waals surface area contributed by atoms with Crippen LogP contribution in [0.25, 0.3) is 103 Å². The zero-order chi connectivity index (χ0) is 41.9. The minimum Gasteiger partial charge on any atom is -0.455 e. The van der Waals surface area contributed by atoms with Gasteiger partial charge in [0.1, 0.15) is 23.2 Å². The van der Waals surface area contributed by atoms with Crippen LogP contribution in [0.3, 0.4) is 0 Å². The summed E-state index contributed by atoms with van der Waals surface area (Å²) in [4.78, 5) is 11.3. The van der Waals surface area contributed by atoms with E-state index in [9.17, 15) is 0 Å². The highest BCUT2D eigenvalue weighted by molar-refractivity contribution is 6.26. The summed E-state index contributed by atoms with van der Waals surface area (Å²) >= 11 is 0. The van der Waals surface area contributed by atoms with Gasteiger partial charge >= 0.3 is 0 Å². The first kappa shape index (κ1) is 35.1. The van der Waals surface area contributed by atoms with Crippen molar-refractivity contribution in [3.05, 3.63) is 223 Å². The number of nitrogens with zero attached hydrogens (tertiary/aromatic N) is 3. The molecule has 0 amide bonds. The number of amidine groups is 2. The Kier molecular flexibility index (Phi) is 7.39. The number of nitrogens with one attached hydrogen (secondary N) is 1. The van der Waals surface area contributed by atoms with Crippen molar-refractivity contribution < 1.29 is 4.42 Å². The molecular weight excluding hydrogens is 781 g/mol. The van der Waals surface area contributed by atoms with Gasteiger partial charge in [-0.3, -0.25) is 0 Å². The van der Waals surface area contributed by atoms with E-state index in [1.807, 2.05) is 6.07 Å². The molecule has 1 unspecified atom stereocenters. The Labute approximate surface area is 366 Å². The highest BCUT2D eigenvalue weighted by Gasteiger charge is 2.30. The maximum absolute atomic E-state index is 7.03.